The quantitative estimate of drug-likeness (QED) is 0.534. The molecule has 0 atom stereocenters. The number of aryl methyl sites for hydroxylation is 2. The predicted octanol–water partition coefficient (Wildman–Crippen LogP) is 3.91. The molecule has 152 valence electrons. The van der Waals surface area contributed by atoms with Gasteiger partial charge in [0.15, 0.2) is 5.65 Å². The van der Waals surface area contributed by atoms with E-state index in [1.807, 2.05) is 43.6 Å². The van der Waals surface area contributed by atoms with Gasteiger partial charge in [-0.25, -0.2) is 4.98 Å². The van der Waals surface area contributed by atoms with E-state index in [1.165, 1.54) is 11.1 Å². The van der Waals surface area contributed by atoms with Gasteiger partial charge in [0.05, 0.1) is 33.8 Å². The predicted molar refractivity (Wildman–Crippen MR) is 118 cm³/mol. The average molecular weight is 419 g/mol. The Kier molecular flexibility index (Phi) is 4.75. The zero-order valence-corrected chi connectivity index (χ0v) is 17.8. The first-order valence-corrected chi connectivity index (χ1v) is 10.9. The van der Waals surface area contributed by atoms with E-state index in [9.17, 15) is 4.79 Å². The number of nitrogens with one attached hydrogen (secondary N) is 1. The summed E-state index contributed by atoms with van der Waals surface area (Å²) >= 11 is 1.61. The zero-order valence-electron chi connectivity index (χ0n) is 16.9. The maximum Gasteiger partial charge on any atom is 0.252 e. The molecule has 0 bridgehead atoms. The fourth-order valence-corrected chi connectivity index (χ4v) is 4.67. The lowest BCUT2D eigenvalue weighted by atomic mass is 10.1. The lowest BCUT2D eigenvalue weighted by molar-refractivity contribution is 0.0955. The number of rotatable bonds is 5. The van der Waals surface area contributed by atoms with Gasteiger partial charge in [-0.15, -0.1) is 11.3 Å². The molecule has 0 fully saturated rings. The van der Waals surface area contributed by atoms with Crippen LogP contribution in [0.4, 0.5) is 0 Å². The van der Waals surface area contributed by atoms with Crippen molar-refractivity contribution in [3.05, 3.63) is 64.2 Å². The summed E-state index contributed by atoms with van der Waals surface area (Å²) in [6.45, 7) is 3.23. The first-order chi connectivity index (χ1) is 14.6. The number of fused-ring (bicyclic) bond motifs is 2. The second kappa shape index (κ2) is 7.57. The number of aromatic nitrogens is 3. The number of carbonyl (C=O) groups excluding carboxylic acids is 1. The summed E-state index contributed by atoms with van der Waals surface area (Å²) < 4.78 is 7.31. The summed E-state index contributed by atoms with van der Waals surface area (Å²) in [5, 5.41) is 10.4. The summed E-state index contributed by atoms with van der Waals surface area (Å²) in [6.07, 6.45) is 1.73. The smallest absolute Gasteiger partial charge is 0.252 e. The standard InChI is InChI=1S/C23H22N4O2S/c1-14-21-17(13-18(20-4-3-11-30-20)25-22(21)27(2)26-14)23(28)24-9-7-15-5-6-19-16(12-15)8-10-29-19/h3-6,11-13H,7-10H2,1-2H3,(H,24,28). The van der Waals surface area contributed by atoms with Gasteiger partial charge in [0.25, 0.3) is 5.91 Å². The van der Waals surface area contributed by atoms with Gasteiger partial charge in [0.1, 0.15) is 5.75 Å². The highest BCUT2D eigenvalue weighted by atomic mass is 32.1. The van der Waals surface area contributed by atoms with Crippen LogP contribution in [0.15, 0.2) is 41.8 Å². The van der Waals surface area contributed by atoms with Crippen molar-refractivity contribution in [3.8, 4) is 16.3 Å². The van der Waals surface area contributed by atoms with Crippen LogP contribution < -0.4 is 10.1 Å². The molecular weight excluding hydrogens is 396 g/mol. The minimum Gasteiger partial charge on any atom is -0.493 e. The number of nitrogens with zero attached hydrogens (tertiary/aromatic N) is 3. The van der Waals surface area contributed by atoms with Crippen LogP contribution in [0.1, 0.15) is 27.2 Å². The van der Waals surface area contributed by atoms with Crippen LogP contribution in [0.3, 0.4) is 0 Å². The van der Waals surface area contributed by atoms with Crippen molar-refractivity contribution in [3.63, 3.8) is 0 Å². The van der Waals surface area contributed by atoms with Gasteiger partial charge in [-0.2, -0.15) is 5.10 Å². The van der Waals surface area contributed by atoms with Crippen LogP contribution in [0.2, 0.25) is 0 Å². The number of ether oxygens (including phenoxy) is 1. The minimum atomic E-state index is -0.0965. The first kappa shape index (κ1) is 18.8. The molecule has 1 aliphatic heterocycles. The van der Waals surface area contributed by atoms with Gasteiger partial charge in [0, 0.05) is 20.0 Å². The third kappa shape index (κ3) is 3.35. The van der Waals surface area contributed by atoms with Crippen LogP contribution in [-0.2, 0) is 19.9 Å². The molecule has 1 N–H and O–H groups in total. The Hall–Kier alpha value is -3.19. The Labute approximate surface area is 178 Å². The van der Waals surface area contributed by atoms with Crippen molar-refractivity contribution in [2.45, 2.75) is 19.8 Å². The van der Waals surface area contributed by atoms with Gasteiger partial charge in [-0.05, 0) is 48.1 Å². The molecule has 1 amide bonds. The van der Waals surface area contributed by atoms with Gasteiger partial charge in [-0.3, -0.25) is 9.48 Å². The highest BCUT2D eigenvalue weighted by Gasteiger charge is 2.19. The summed E-state index contributed by atoms with van der Waals surface area (Å²) in [4.78, 5) is 18.9. The van der Waals surface area contributed by atoms with E-state index in [1.54, 1.807) is 16.0 Å². The van der Waals surface area contributed by atoms with Crippen molar-refractivity contribution >= 4 is 28.3 Å². The summed E-state index contributed by atoms with van der Waals surface area (Å²) in [6, 6.07) is 12.2. The largest absolute Gasteiger partial charge is 0.493 e. The number of pyridine rings is 1. The Morgan fingerprint density at radius 3 is 3.03 bits per heavy atom. The molecule has 0 radical (unpaired) electrons. The molecule has 6 nitrogen and oxygen atoms in total. The van der Waals surface area contributed by atoms with Crippen LogP contribution in [0.5, 0.6) is 5.75 Å². The Bertz CT molecular complexity index is 1240. The normalized spacial score (nSPS) is 12.7. The number of amides is 1. The number of carbonyl (C=O) groups is 1. The topological polar surface area (TPSA) is 69.0 Å². The van der Waals surface area contributed by atoms with E-state index >= 15 is 0 Å². The second-order valence-electron chi connectivity index (χ2n) is 7.49. The van der Waals surface area contributed by atoms with Gasteiger partial charge in [-0.1, -0.05) is 18.2 Å². The maximum absolute atomic E-state index is 13.1. The van der Waals surface area contributed by atoms with Crippen molar-refractivity contribution in [2.75, 3.05) is 13.2 Å². The van der Waals surface area contributed by atoms with Gasteiger partial charge in [0.2, 0.25) is 0 Å². The lowest BCUT2D eigenvalue weighted by Crippen LogP contribution is -2.26. The Morgan fingerprint density at radius 1 is 1.30 bits per heavy atom. The van der Waals surface area contributed by atoms with Gasteiger partial charge >= 0.3 is 0 Å². The van der Waals surface area contributed by atoms with Crippen molar-refractivity contribution in [2.24, 2.45) is 7.05 Å². The van der Waals surface area contributed by atoms with Crippen LogP contribution in [0.25, 0.3) is 21.6 Å². The highest BCUT2D eigenvalue weighted by molar-refractivity contribution is 7.13. The molecule has 0 saturated carbocycles. The monoisotopic (exact) mass is 418 g/mol. The lowest BCUT2D eigenvalue weighted by Gasteiger charge is -2.09. The fourth-order valence-electron chi connectivity index (χ4n) is 3.99. The number of benzene rings is 1. The zero-order chi connectivity index (χ0) is 20.7. The molecule has 0 spiro atoms. The molecule has 0 unspecified atom stereocenters. The molecule has 1 aliphatic rings. The van der Waals surface area contributed by atoms with E-state index in [0.717, 1.165) is 52.5 Å². The SMILES string of the molecule is Cc1nn(C)c2nc(-c3cccs3)cc(C(=O)NCCc3ccc4c(c3)CCO4)c12. The molecule has 30 heavy (non-hydrogen) atoms. The molecule has 4 heterocycles. The third-order valence-corrected chi connectivity index (χ3v) is 6.33. The summed E-state index contributed by atoms with van der Waals surface area (Å²) in [5.41, 5.74) is 5.40. The summed E-state index contributed by atoms with van der Waals surface area (Å²) in [5.74, 6) is 0.885. The van der Waals surface area contributed by atoms with E-state index in [-0.39, 0.29) is 5.91 Å². The van der Waals surface area contributed by atoms with E-state index in [4.69, 9.17) is 9.72 Å². The van der Waals surface area contributed by atoms with Crippen LogP contribution in [0, 0.1) is 6.92 Å². The molecular formula is C23H22N4O2S. The van der Waals surface area contributed by atoms with E-state index < -0.39 is 0 Å². The number of hydrogen-bond donors (Lipinski definition) is 1. The fraction of sp³-hybridized carbons (Fsp3) is 0.261. The molecule has 0 aliphatic carbocycles. The highest BCUT2D eigenvalue weighted by Crippen LogP contribution is 2.29. The second-order valence-corrected chi connectivity index (χ2v) is 8.43. The van der Waals surface area contributed by atoms with E-state index in [2.05, 4.69) is 22.5 Å². The maximum atomic E-state index is 13.1. The Balaban J connectivity index is 1.40. The molecule has 1 aromatic carbocycles. The number of hydrogen-bond acceptors (Lipinski definition) is 5. The van der Waals surface area contributed by atoms with Crippen molar-refractivity contribution in [1.82, 2.24) is 20.1 Å². The molecule has 4 aromatic rings. The molecule has 0 saturated heterocycles. The van der Waals surface area contributed by atoms with Gasteiger partial charge < -0.3 is 10.1 Å². The molecule has 3 aromatic heterocycles. The molecule has 7 heteroatoms. The van der Waals surface area contributed by atoms with E-state index in [0.29, 0.717) is 12.1 Å². The van der Waals surface area contributed by atoms with Crippen molar-refractivity contribution in [1.29, 1.82) is 0 Å². The minimum absolute atomic E-state index is 0.0965. The Morgan fingerprint density at radius 2 is 2.20 bits per heavy atom. The number of thiophene rings is 1. The third-order valence-electron chi connectivity index (χ3n) is 5.44. The first-order valence-electron chi connectivity index (χ1n) is 10.0. The summed E-state index contributed by atoms with van der Waals surface area (Å²) in [7, 11) is 1.86. The van der Waals surface area contributed by atoms with Crippen molar-refractivity contribution < 1.29 is 9.53 Å². The molecule has 5 rings (SSSR count). The van der Waals surface area contributed by atoms with Crippen LogP contribution in [-0.4, -0.2) is 33.8 Å². The average Bonchev–Trinajstić information content (AvgIpc) is 3.48. The van der Waals surface area contributed by atoms with Crippen LogP contribution >= 0.6 is 11.3 Å².